The summed E-state index contributed by atoms with van der Waals surface area (Å²) >= 11 is 0. The molecule has 32 heavy (non-hydrogen) atoms. The highest BCUT2D eigenvalue weighted by Gasteiger charge is 2.34. The average Bonchev–Trinajstić information content (AvgIpc) is 3.20. The van der Waals surface area contributed by atoms with E-state index in [4.69, 9.17) is 18.7 Å². The monoisotopic (exact) mass is 453 g/mol. The Balaban J connectivity index is 1.97. The van der Waals surface area contributed by atoms with Crippen LogP contribution in [-0.2, 0) is 41.4 Å². The number of hydrogen-bond donors (Lipinski definition) is 2. The van der Waals surface area contributed by atoms with Crippen molar-refractivity contribution in [1.82, 2.24) is 15.8 Å². The van der Waals surface area contributed by atoms with E-state index in [1.807, 2.05) is 0 Å². The summed E-state index contributed by atoms with van der Waals surface area (Å²) in [5, 5.41) is 8.85. The predicted molar refractivity (Wildman–Crippen MR) is 111 cm³/mol. The summed E-state index contributed by atoms with van der Waals surface area (Å²) in [6.07, 6.45) is 1.10. The molecule has 0 aliphatic carbocycles. The summed E-state index contributed by atoms with van der Waals surface area (Å²) in [6.45, 7) is 4.81. The smallest absolute Gasteiger partial charge is 0.407 e. The fourth-order valence-electron chi connectivity index (χ4n) is 3.34. The zero-order valence-electron chi connectivity index (χ0n) is 18.7. The van der Waals surface area contributed by atoms with E-state index in [1.54, 1.807) is 21.0 Å². The van der Waals surface area contributed by atoms with Crippen molar-refractivity contribution in [3.8, 4) is 0 Å². The van der Waals surface area contributed by atoms with E-state index in [0.717, 1.165) is 0 Å². The normalized spacial score (nSPS) is 17.6. The molecule has 11 nitrogen and oxygen atoms in total. The van der Waals surface area contributed by atoms with Crippen molar-refractivity contribution in [3.63, 3.8) is 0 Å². The standard InChI is InChI=1S/C21H31N3O8/c1-13(2)18(24-21(28)31-9-8-30-7-6-29-3)16(25)11-14-10-15-12-23-32-17(15)4-5-22-20(27)19(14)26/h12-14,18H,4-11H2,1-3H3,(H,22,27)(H,24,28). The summed E-state index contributed by atoms with van der Waals surface area (Å²) in [4.78, 5) is 49.9. The lowest BCUT2D eigenvalue weighted by atomic mass is 9.86. The molecule has 11 heteroatoms. The summed E-state index contributed by atoms with van der Waals surface area (Å²) < 4.78 is 20.3. The van der Waals surface area contributed by atoms with Crippen molar-refractivity contribution in [2.75, 3.05) is 40.1 Å². The molecule has 2 atom stereocenters. The van der Waals surface area contributed by atoms with E-state index in [9.17, 15) is 19.2 Å². The van der Waals surface area contributed by atoms with E-state index in [0.29, 0.717) is 31.0 Å². The Morgan fingerprint density at radius 3 is 2.72 bits per heavy atom. The van der Waals surface area contributed by atoms with Crippen molar-refractivity contribution in [2.45, 2.75) is 39.2 Å². The lowest BCUT2D eigenvalue weighted by Gasteiger charge is -2.23. The van der Waals surface area contributed by atoms with Gasteiger partial charge in [-0.15, -0.1) is 0 Å². The number of rotatable bonds is 11. The van der Waals surface area contributed by atoms with Crippen molar-refractivity contribution >= 4 is 23.6 Å². The van der Waals surface area contributed by atoms with Gasteiger partial charge in [-0.3, -0.25) is 14.4 Å². The van der Waals surface area contributed by atoms with Gasteiger partial charge in [0.15, 0.2) is 5.78 Å². The van der Waals surface area contributed by atoms with E-state index >= 15 is 0 Å². The highest BCUT2D eigenvalue weighted by atomic mass is 16.6. The van der Waals surface area contributed by atoms with Crippen LogP contribution in [0.15, 0.2) is 10.7 Å². The number of carbonyl (C=O) groups is 4. The number of fused-ring (bicyclic) bond motifs is 1. The minimum absolute atomic E-state index is 0.0199. The lowest BCUT2D eigenvalue weighted by molar-refractivity contribution is -0.141. The van der Waals surface area contributed by atoms with E-state index in [-0.39, 0.29) is 44.3 Å². The molecule has 1 aliphatic heterocycles. The Morgan fingerprint density at radius 2 is 2.00 bits per heavy atom. The molecule has 0 saturated carbocycles. The van der Waals surface area contributed by atoms with E-state index in [2.05, 4.69) is 15.8 Å². The van der Waals surface area contributed by atoms with Gasteiger partial charge < -0.3 is 29.4 Å². The summed E-state index contributed by atoms with van der Waals surface area (Å²) in [7, 11) is 1.56. The Labute approximate surface area is 186 Å². The van der Waals surface area contributed by atoms with Gasteiger partial charge in [0.2, 0.25) is 5.78 Å². The summed E-state index contributed by atoms with van der Waals surface area (Å²) in [5.74, 6) is -2.33. The van der Waals surface area contributed by atoms with Crippen LogP contribution in [0.1, 0.15) is 31.6 Å². The lowest BCUT2D eigenvalue weighted by Crippen LogP contribution is -2.46. The SMILES string of the molecule is COCCOCCOC(=O)NC(C(=O)CC1Cc2cnoc2CCNC(=O)C1=O)C(C)C. The molecule has 1 aromatic rings. The van der Waals surface area contributed by atoms with Crippen molar-refractivity contribution < 1.29 is 37.9 Å². The maximum atomic E-state index is 13.0. The first kappa shape index (κ1) is 25.5. The van der Waals surface area contributed by atoms with Gasteiger partial charge in [0.25, 0.3) is 5.91 Å². The first-order valence-corrected chi connectivity index (χ1v) is 10.6. The highest BCUT2D eigenvalue weighted by molar-refractivity contribution is 6.37. The molecule has 2 N–H and O–H groups in total. The van der Waals surface area contributed by atoms with Crippen LogP contribution < -0.4 is 10.6 Å². The molecule has 0 spiro atoms. The maximum absolute atomic E-state index is 13.0. The van der Waals surface area contributed by atoms with Crippen LogP contribution in [-0.4, -0.2) is 74.8 Å². The Kier molecular flexibility index (Phi) is 10.3. The van der Waals surface area contributed by atoms with Gasteiger partial charge in [-0.05, 0) is 12.3 Å². The molecule has 0 radical (unpaired) electrons. The third-order valence-corrected chi connectivity index (χ3v) is 5.06. The number of alkyl carbamates (subject to hydrolysis) is 1. The zero-order chi connectivity index (χ0) is 23.5. The first-order valence-electron chi connectivity index (χ1n) is 10.6. The molecule has 2 amide bonds. The molecule has 0 saturated heterocycles. The molecule has 1 aromatic heterocycles. The van der Waals surface area contributed by atoms with Crippen LogP contribution in [0.25, 0.3) is 0 Å². The minimum Gasteiger partial charge on any atom is -0.447 e. The molecule has 178 valence electrons. The molecular formula is C21H31N3O8. The van der Waals surface area contributed by atoms with Crippen molar-refractivity contribution in [3.05, 3.63) is 17.5 Å². The Bertz CT molecular complexity index is 792. The maximum Gasteiger partial charge on any atom is 0.407 e. The number of hydrogen-bond acceptors (Lipinski definition) is 9. The van der Waals surface area contributed by atoms with Crippen LogP contribution in [0.4, 0.5) is 4.79 Å². The van der Waals surface area contributed by atoms with Crippen LogP contribution in [0.3, 0.4) is 0 Å². The second kappa shape index (κ2) is 12.9. The average molecular weight is 453 g/mol. The highest BCUT2D eigenvalue weighted by Crippen LogP contribution is 2.21. The number of nitrogens with one attached hydrogen (secondary N) is 2. The second-order valence-corrected chi connectivity index (χ2v) is 7.82. The van der Waals surface area contributed by atoms with Gasteiger partial charge in [-0.25, -0.2) is 4.79 Å². The van der Waals surface area contributed by atoms with Gasteiger partial charge >= 0.3 is 6.09 Å². The second-order valence-electron chi connectivity index (χ2n) is 7.82. The van der Waals surface area contributed by atoms with E-state index in [1.165, 1.54) is 6.20 Å². The fourth-order valence-corrected chi connectivity index (χ4v) is 3.34. The number of Topliss-reactive ketones (excluding diaryl/α,β-unsaturated/α-hetero) is 2. The zero-order valence-corrected chi connectivity index (χ0v) is 18.7. The number of nitrogens with zero attached hydrogens (tertiary/aromatic N) is 1. The van der Waals surface area contributed by atoms with Crippen LogP contribution in [0.5, 0.6) is 0 Å². The van der Waals surface area contributed by atoms with Crippen LogP contribution in [0.2, 0.25) is 0 Å². The van der Waals surface area contributed by atoms with Gasteiger partial charge in [0.1, 0.15) is 12.4 Å². The number of amides is 2. The molecule has 1 aliphatic rings. The molecule has 0 fully saturated rings. The molecule has 2 rings (SSSR count). The minimum atomic E-state index is -0.882. The summed E-state index contributed by atoms with van der Waals surface area (Å²) in [5.41, 5.74) is 0.689. The van der Waals surface area contributed by atoms with Gasteiger partial charge in [-0.2, -0.15) is 0 Å². The number of aromatic nitrogens is 1. The number of carbonyl (C=O) groups excluding carboxylic acids is 4. The van der Waals surface area contributed by atoms with Crippen LogP contribution in [0, 0.1) is 11.8 Å². The predicted octanol–water partition coefficient (Wildman–Crippen LogP) is 0.448. The first-order chi connectivity index (χ1) is 15.3. The molecule has 0 bridgehead atoms. The topological polar surface area (TPSA) is 146 Å². The van der Waals surface area contributed by atoms with Gasteiger partial charge in [0, 0.05) is 38.0 Å². The number of ketones is 2. The van der Waals surface area contributed by atoms with E-state index < -0.39 is 29.7 Å². The largest absolute Gasteiger partial charge is 0.447 e. The summed E-state index contributed by atoms with van der Waals surface area (Å²) in [6, 6.07) is -0.873. The van der Waals surface area contributed by atoms with Crippen molar-refractivity contribution in [1.29, 1.82) is 0 Å². The number of methoxy groups -OCH3 is 1. The molecule has 2 unspecified atom stereocenters. The fraction of sp³-hybridized carbons (Fsp3) is 0.667. The third-order valence-electron chi connectivity index (χ3n) is 5.06. The van der Waals surface area contributed by atoms with Crippen molar-refractivity contribution in [2.24, 2.45) is 11.8 Å². The molecule has 0 aromatic carbocycles. The van der Waals surface area contributed by atoms with Gasteiger partial charge in [-0.1, -0.05) is 19.0 Å². The van der Waals surface area contributed by atoms with Gasteiger partial charge in [0.05, 0.1) is 32.1 Å². The molecular weight excluding hydrogens is 422 g/mol. The number of ether oxygens (including phenoxy) is 3. The third kappa shape index (κ3) is 7.72. The Morgan fingerprint density at radius 1 is 1.25 bits per heavy atom. The quantitative estimate of drug-likeness (QED) is 0.360. The molecule has 2 heterocycles. The Hall–Kier alpha value is -2.79. The van der Waals surface area contributed by atoms with Crippen LogP contribution >= 0.6 is 0 Å².